The number of carbonyl (C=O) groups is 2. The number of nitrogens with one attached hydrogen (secondary N) is 1. The molecule has 2 N–H and O–H groups in total. The molecule has 0 heterocycles. The standard InChI is InChI=1S/C13H12F2N2O6/c1-2-3-23-13(20)16-10(6-12(18)19)7-4-11(17(21)22)9(15)5-8(7)14/h2,4-5,10H,1,3,6H2,(H,16,20)(H,18,19). The SMILES string of the molecule is C=CCOC(=O)NC(CC(=O)O)c1cc([N+](=O)[O-])c(F)cc1F. The lowest BCUT2D eigenvalue weighted by molar-refractivity contribution is -0.387. The van der Waals surface area contributed by atoms with Crippen LogP contribution in [0.15, 0.2) is 24.8 Å². The van der Waals surface area contributed by atoms with Crippen molar-refractivity contribution >= 4 is 17.7 Å². The van der Waals surface area contributed by atoms with Gasteiger partial charge in [-0.25, -0.2) is 9.18 Å². The predicted molar refractivity (Wildman–Crippen MR) is 72.7 cm³/mol. The third-order valence-electron chi connectivity index (χ3n) is 2.64. The highest BCUT2D eigenvalue weighted by molar-refractivity contribution is 5.72. The molecule has 10 heteroatoms. The lowest BCUT2D eigenvalue weighted by atomic mass is 10.0. The Morgan fingerprint density at radius 3 is 2.61 bits per heavy atom. The molecule has 0 aliphatic heterocycles. The molecule has 0 aromatic heterocycles. The second kappa shape index (κ2) is 7.82. The van der Waals surface area contributed by atoms with Crippen LogP contribution < -0.4 is 5.32 Å². The minimum Gasteiger partial charge on any atom is -0.481 e. The lowest BCUT2D eigenvalue weighted by Crippen LogP contribution is -2.31. The van der Waals surface area contributed by atoms with Crippen molar-refractivity contribution in [1.29, 1.82) is 0 Å². The number of carboxylic acid groups (broad SMARTS) is 1. The van der Waals surface area contributed by atoms with Crippen molar-refractivity contribution in [2.45, 2.75) is 12.5 Å². The van der Waals surface area contributed by atoms with E-state index >= 15 is 0 Å². The maximum Gasteiger partial charge on any atom is 0.407 e. The molecule has 8 nitrogen and oxygen atoms in total. The number of rotatable bonds is 7. The Morgan fingerprint density at radius 2 is 2.09 bits per heavy atom. The zero-order valence-electron chi connectivity index (χ0n) is 11.6. The predicted octanol–water partition coefficient (Wildman–Crippen LogP) is 2.30. The van der Waals surface area contributed by atoms with Crippen LogP contribution >= 0.6 is 0 Å². The van der Waals surface area contributed by atoms with Crippen molar-refractivity contribution in [2.24, 2.45) is 0 Å². The van der Waals surface area contributed by atoms with Crippen LogP contribution in [0.1, 0.15) is 18.0 Å². The summed E-state index contributed by atoms with van der Waals surface area (Å²) in [6.45, 7) is 3.11. The Kier molecular flexibility index (Phi) is 6.13. The van der Waals surface area contributed by atoms with Gasteiger partial charge >= 0.3 is 17.7 Å². The maximum atomic E-state index is 13.8. The average molecular weight is 330 g/mol. The number of ether oxygens (including phenoxy) is 1. The quantitative estimate of drug-likeness (QED) is 0.450. The van der Waals surface area contributed by atoms with Gasteiger partial charge in [0.05, 0.1) is 17.4 Å². The topological polar surface area (TPSA) is 119 Å². The number of nitro groups is 1. The molecule has 1 aromatic rings. The van der Waals surface area contributed by atoms with E-state index in [4.69, 9.17) is 5.11 Å². The van der Waals surface area contributed by atoms with Crippen LogP contribution in [0.2, 0.25) is 0 Å². The maximum absolute atomic E-state index is 13.8. The molecule has 0 spiro atoms. The van der Waals surface area contributed by atoms with Gasteiger partial charge < -0.3 is 15.2 Å². The molecular formula is C13H12F2N2O6. The molecule has 0 fully saturated rings. The van der Waals surface area contributed by atoms with Crippen LogP contribution in [-0.4, -0.2) is 28.7 Å². The number of benzene rings is 1. The van der Waals surface area contributed by atoms with Crippen molar-refractivity contribution in [3.05, 3.63) is 52.1 Å². The van der Waals surface area contributed by atoms with Gasteiger partial charge in [-0.3, -0.25) is 14.9 Å². The summed E-state index contributed by atoms with van der Waals surface area (Å²) in [6, 6.07) is -0.699. The number of amides is 1. The molecule has 1 rings (SSSR count). The molecule has 0 saturated carbocycles. The minimum absolute atomic E-state index is 0.183. The highest BCUT2D eigenvalue weighted by Gasteiger charge is 2.26. The fraction of sp³-hybridized carbons (Fsp3) is 0.231. The first-order valence-electron chi connectivity index (χ1n) is 6.15. The number of halogens is 2. The molecule has 1 atom stereocenters. The van der Waals surface area contributed by atoms with Crippen molar-refractivity contribution in [3.8, 4) is 0 Å². The first-order chi connectivity index (χ1) is 10.8. The molecule has 0 saturated heterocycles. The minimum atomic E-state index is -1.48. The third-order valence-corrected chi connectivity index (χ3v) is 2.64. The van der Waals surface area contributed by atoms with Crippen LogP contribution in [0.4, 0.5) is 19.3 Å². The van der Waals surface area contributed by atoms with Gasteiger partial charge in [0, 0.05) is 17.7 Å². The van der Waals surface area contributed by atoms with E-state index in [1.54, 1.807) is 0 Å². The Labute approximate surface area is 128 Å². The summed E-state index contributed by atoms with van der Waals surface area (Å²) in [6.07, 6.45) is -0.625. The van der Waals surface area contributed by atoms with Gasteiger partial charge in [-0.05, 0) is 0 Å². The molecule has 1 unspecified atom stereocenters. The number of hydrogen-bond donors (Lipinski definition) is 2. The zero-order chi connectivity index (χ0) is 17.6. The fourth-order valence-corrected chi connectivity index (χ4v) is 1.69. The van der Waals surface area contributed by atoms with Gasteiger partial charge in [-0.15, -0.1) is 0 Å². The summed E-state index contributed by atoms with van der Waals surface area (Å²) < 4.78 is 31.7. The first kappa shape index (κ1) is 18.0. The van der Waals surface area contributed by atoms with Crippen LogP contribution in [0.25, 0.3) is 0 Å². The van der Waals surface area contributed by atoms with E-state index < -0.39 is 52.3 Å². The highest BCUT2D eigenvalue weighted by atomic mass is 19.1. The van der Waals surface area contributed by atoms with Gasteiger partial charge in [0.2, 0.25) is 5.82 Å². The number of nitrogens with zero attached hydrogens (tertiary/aromatic N) is 1. The smallest absolute Gasteiger partial charge is 0.407 e. The van der Waals surface area contributed by atoms with E-state index in [1.165, 1.54) is 6.08 Å². The van der Waals surface area contributed by atoms with E-state index in [0.717, 1.165) is 0 Å². The van der Waals surface area contributed by atoms with Gasteiger partial charge in [0.15, 0.2) is 0 Å². The Morgan fingerprint density at radius 1 is 1.43 bits per heavy atom. The van der Waals surface area contributed by atoms with Crippen LogP contribution in [0.3, 0.4) is 0 Å². The summed E-state index contributed by atoms with van der Waals surface area (Å²) in [5.74, 6) is -4.06. The number of hydrogen-bond acceptors (Lipinski definition) is 5. The molecule has 1 aromatic carbocycles. The molecule has 1 amide bonds. The van der Waals surface area contributed by atoms with Crippen molar-refractivity contribution in [3.63, 3.8) is 0 Å². The van der Waals surface area contributed by atoms with Crippen LogP contribution in [0.5, 0.6) is 0 Å². The van der Waals surface area contributed by atoms with Crippen LogP contribution in [0, 0.1) is 21.7 Å². The average Bonchev–Trinajstić information content (AvgIpc) is 2.43. The first-order valence-corrected chi connectivity index (χ1v) is 6.15. The Balaban J connectivity index is 3.18. The van der Waals surface area contributed by atoms with Gasteiger partial charge in [0.25, 0.3) is 0 Å². The van der Waals surface area contributed by atoms with Crippen LogP contribution in [-0.2, 0) is 9.53 Å². The molecular weight excluding hydrogens is 318 g/mol. The molecule has 0 radical (unpaired) electrons. The second-order valence-electron chi connectivity index (χ2n) is 4.26. The van der Waals surface area contributed by atoms with Crippen molar-refractivity contribution in [1.82, 2.24) is 5.32 Å². The van der Waals surface area contributed by atoms with Gasteiger partial charge in [-0.2, -0.15) is 4.39 Å². The molecule has 0 aliphatic rings. The Hall–Kier alpha value is -3.04. The van der Waals surface area contributed by atoms with E-state index in [1.807, 2.05) is 0 Å². The summed E-state index contributed by atoms with van der Waals surface area (Å²) in [4.78, 5) is 31.9. The summed E-state index contributed by atoms with van der Waals surface area (Å²) in [5, 5.41) is 21.6. The van der Waals surface area contributed by atoms with Gasteiger partial charge in [0.1, 0.15) is 12.4 Å². The lowest BCUT2D eigenvalue weighted by Gasteiger charge is -2.17. The van der Waals surface area contributed by atoms with Crippen molar-refractivity contribution in [2.75, 3.05) is 6.61 Å². The molecule has 23 heavy (non-hydrogen) atoms. The number of carbonyl (C=O) groups excluding carboxylic acids is 1. The number of nitro benzene ring substituents is 1. The normalized spacial score (nSPS) is 11.4. The van der Waals surface area contributed by atoms with Crippen molar-refractivity contribution < 1.29 is 33.1 Å². The number of alkyl carbamates (subject to hydrolysis) is 1. The van der Waals surface area contributed by atoms with E-state index in [9.17, 15) is 28.5 Å². The van der Waals surface area contributed by atoms with E-state index in [0.29, 0.717) is 6.07 Å². The van der Waals surface area contributed by atoms with E-state index in [2.05, 4.69) is 16.6 Å². The monoisotopic (exact) mass is 330 g/mol. The molecule has 124 valence electrons. The summed E-state index contributed by atoms with van der Waals surface area (Å²) >= 11 is 0. The zero-order valence-corrected chi connectivity index (χ0v) is 11.6. The summed E-state index contributed by atoms with van der Waals surface area (Å²) in [7, 11) is 0. The third kappa shape index (κ3) is 5.02. The summed E-state index contributed by atoms with van der Waals surface area (Å²) in [5.41, 5.74) is -1.59. The van der Waals surface area contributed by atoms with Gasteiger partial charge in [-0.1, -0.05) is 12.7 Å². The fourth-order valence-electron chi connectivity index (χ4n) is 1.69. The molecule has 0 aliphatic carbocycles. The molecule has 0 bridgehead atoms. The number of aliphatic carboxylic acids is 1. The van der Waals surface area contributed by atoms with E-state index in [-0.39, 0.29) is 12.7 Å². The largest absolute Gasteiger partial charge is 0.481 e. The highest BCUT2D eigenvalue weighted by Crippen LogP contribution is 2.27. The Bertz CT molecular complexity index is 650. The second-order valence-corrected chi connectivity index (χ2v) is 4.26. The number of carboxylic acids is 1.